The van der Waals surface area contributed by atoms with Crippen molar-refractivity contribution in [2.45, 2.75) is 19.5 Å². The van der Waals surface area contributed by atoms with Crippen LogP contribution in [0.3, 0.4) is 0 Å². The van der Waals surface area contributed by atoms with Crippen LogP contribution in [0.5, 0.6) is 11.5 Å². The number of hydrogen-bond acceptors (Lipinski definition) is 4. The predicted octanol–water partition coefficient (Wildman–Crippen LogP) is 2.24. The van der Waals surface area contributed by atoms with Crippen molar-refractivity contribution in [3.05, 3.63) is 53.1 Å². The highest BCUT2D eigenvalue weighted by molar-refractivity contribution is 5.51. The quantitative estimate of drug-likeness (QED) is 0.578. The lowest BCUT2D eigenvalue weighted by molar-refractivity contribution is 0.245. The summed E-state index contributed by atoms with van der Waals surface area (Å²) in [5.74, 6) is -0.151. The molecule has 1 heterocycles. The minimum absolute atomic E-state index is 0.0700. The summed E-state index contributed by atoms with van der Waals surface area (Å²) in [5, 5.41) is 18.9. The molecule has 4 nitrogen and oxygen atoms in total. The Bertz CT molecular complexity index is 640. The molecule has 0 bridgehead atoms. The van der Waals surface area contributed by atoms with Crippen LogP contribution in [0.25, 0.3) is 0 Å². The number of benzene rings is 2. The largest absolute Gasteiger partial charge is 0.504 e. The van der Waals surface area contributed by atoms with E-state index in [9.17, 15) is 10.2 Å². The molecule has 0 amide bonds. The fourth-order valence-electron chi connectivity index (χ4n) is 2.72. The third kappa shape index (κ3) is 2.42. The van der Waals surface area contributed by atoms with Crippen molar-refractivity contribution >= 4 is 5.69 Å². The molecular formula is C16H18N2O2. The summed E-state index contributed by atoms with van der Waals surface area (Å²) >= 11 is 0. The minimum Gasteiger partial charge on any atom is -0.504 e. The minimum atomic E-state index is -0.0815. The number of nitrogens with two attached hydrogens (primary N) is 1. The summed E-state index contributed by atoms with van der Waals surface area (Å²) in [6.07, 6.45) is 0.991. The summed E-state index contributed by atoms with van der Waals surface area (Å²) < 4.78 is 0. The standard InChI is InChI=1S/C16H18N2O2/c17-14-3-1-2-12-6-7-18(10-13(12)14)9-11-4-5-15(19)16(20)8-11/h1-5,8,19-20H,6-7,9-10,17H2. The second-order valence-electron chi connectivity index (χ2n) is 5.27. The van der Waals surface area contributed by atoms with Crippen LogP contribution < -0.4 is 5.73 Å². The van der Waals surface area contributed by atoms with E-state index in [4.69, 9.17) is 5.73 Å². The first-order valence-corrected chi connectivity index (χ1v) is 6.73. The monoisotopic (exact) mass is 270 g/mol. The fourth-order valence-corrected chi connectivity index (χ4v) is 2.72. The number of hydrogen-bond donors (Lipinski definition) is 3. The van der Waals surface area contributed by atoms with E-state index >= 15 is 0 Å². The first-order chi connectivity index (χ1) is 9.63. The van der Waals surface area contributed by atoms with Crippen LogP contribution in [0.15, 0.2) is 36.4 Å². The van der Waals surface area contributed by atoms with Crippen molar-refractivity contribution in [1.82, 2.24) is 4.90 Å². The summed E-state index contributed by atoms with van der Waals surface area (Å²) in [4.78, 5) is 2.30. The van der Waals surface area contributed by atoms with Gasteiger partial charge in [-0.05, 0) is 41.3 Å². The average Bonchev–Trinajstić information content (AvgIpc) is 2.44. The number of phenolic OH excluding ortho intramolecular Hbond substituents is 2. The van der Waals surface area contributed by atoms with E-state index in [1.165, 1.54) is 17.2 Å². The third-order valence-electron chi connectivity index (χ3n) is 3.83. The van der Waals surface area contributed by atoms with E-state index in [0.29, 0.717) is 0 Å². The van der Waals surface area contributed by atoms with Crippen molar-refractivity contribution in [3.8, 4) is 11.5 Å². The molecule has 0 unspecified atom stereocenters. The number of nitrogen functional groups attached to an aromatic ring is 1. The van der Waals surface area contributed by atoms with E-state index in [2.05, 4.69) is 11.0 Å². The molecule has 0 saturated carbocycles. The van der Waals surface area contributed by atoms with Crippen molar-refractivity contribution in [1.29, 1.82) is 0 Å². The molecule has 1 aliphatic heterocycles. The zero-order valence-electron chi connectivity index (χ0n) is 11.2. The van der Waals surface area contributed by atoms with Gasteiger partial charge in [-0.1, -0.05) is 18.2 Å². The smallest absolute Gasteiger partial charge is 0.157 e. The lowest BCUT2D eigenvalue weighted by atomic mass is 9.98. The topological polar surface area (TPSA) is 69.7 Å². The molecule has 0 atom stereocenters. The highest BCUT2D eigenvalue weighted by Gasteiger charge is 2.18. The fraction of sp³-hybridized carbons (Fsp3) is 0.250. The maximum absolute atomic E-state index is 9.54. The Labute approximate surface area is 118 Å². The molecule has 2 aromatic rings. The number of phenols is 2. The van der Waals surface area contributed by atoms with E-state index in [0.717, 1.165) is 37.3 Å². The van der Waals surface area contributed by atoms with Crippen molar-refractivity contribution in [3.63, 3.8) is 0 Å². The van der Waals surface area contributed by atoms with Gasteiger partial charge in [-0.15, -0.1) is 0 Å². The van der Waals surface area contributed by atoms with E-state index in [-0.39, 0.29) is 11.5 Å². The number of rotatable bonds is 2. The Morgan fingerprint density at radius 2 is 1.95 bits per heavy atom. The van der Waals surface area contributed by atoms with Crippen LogP contribution >= 0.6 is 0 Å². The Balaban J connectivity index is 1.77. The van der Waals surface area contributed by atoms with Gasteiger partial charge in [-0.2, -0.15) is 0 Å². The Hall–Kier alpha value is -2.20. The van der Waals surface area contributed by atoms with Gasteiger partial charge in [0, 0.05) is 25.3 Å². The first kappa shape index (κ1) is 12.8. The van der Waals surface area contributed by atoms with E-state index < -0.39 is 0 Å². The molecule has 20 heavy (non-hydrogen) atoms. The molecule has 104 valence electrons. The molecular weight excluding hydrogens is 252 g/mol. The Morgan fingerprint density at radius 1 is 1.10 bits per heavy atom. The lowest BCUT2D eigenvalue weighted by Gasteiger charge is -2.29. The van der Waals surface area contributed by atoms with E-state index in [1.54, 1.807) is 6.07 Å². The zero-order valence-corrected chi connectivity index (χ0v) is 11.2. The van der Waals surface area contributed by atoms with Crippen LogP contribution in [-0.2, 0) is 19.5 Å². The van der Waals surface area contributed by atoms with Crippen LogP contribution in [-0.4, -0.2) is 21.7 Å². The SMILES string of the molecule is Nc1cccc2c1CN(Cc1ccc(O)c(O)c1)CC2. The lowest BCUT2D eigenvalue weighted by Crippen LogP contribution is -2.30. The van der Waals surface area contributed by atoms with Crippen molar-refractivity contribution in [2.75, 3.05) is 12.3 Å². The van der Waals surface area contributed by atoms with Gasteiger partial charge >= 0.3 is 0 Å². The first-order valence-electron chi connectivity index (χ1n) is 6.73. The zero-order chi connectivity index (χ0) is 14.1. The van der Waals surface area contributed by atoms with Gasteiger partial charge in [0.1, 0.15) is 0 Å². The summed E-state index contributed by atoms with van der Waals surface area (Å²) in [5.41, 5.74) is 10.4. The van der Waals surface area contributed by atoms with Gasteiger partial charge < -0.3 is 15.9 Å². The second kappa shape index (κ2) is 5.06. The number of fused-ring (bicyclic) bond motifs is 1. The Kier molecular flexibility index (Phi) is 3.24. The van der Waals surface area contributed by atoms with Gasteiger partial charge in [0.15, 0.2) is 11.5 Å². The molecule has 1 aliphatic rings. The molecule has 0 radical (unpaired) electrons. The maximum atomic E-state index is 9.54. The van der Waals surface area contributed by atoms with Gasteiger partial charge in [0.05, 0.1) is 0 Å². The molecule has 0 fully saturated rings. The molecule has 0 saturated heterocycles. The number of nitrogens with zero attached hydrogens (tertiary/aromatic N) is 1. The summed E-state index contributed by atoms with van der Waals surface area (Å²) in [6, 6.07) is 11.0. The summed E-state index contributed by atoms with van der Waals surface area (Å²) in [7, 11) is 0. The van der Waals surface area contributed by atoms with Crippen molar-refractivity contribution < 1.29 is 10.2 Å². The molecule has 4 heteroatoms. The number of anilines is 1. The van der Waals surface area contributed by atoms with Crippen LogP contribution in [0.2, 0.25) is 0 Å². The third-order valence-corrected chi connectivity index (χ3v) is 3.83. The highest BCUT2D eigenvalue weighted by Crippen LogP contribution is 2.28. The van der Waals surface area contributed by atoms with Crippen molar-refractivity contribution in [2.24, 2.45) is 0 Å². The normalized spacial score (nSPS) is 15.0. The highest BCUT2D eigenvalue weighted by atomic mass is 16.3. The van der Waals surface area contributed by atoms with Gasteiger partial charge in [0.2, 0.25) is 0 Å². The Morgan fingerprint density at radius 3 is 2.75 bits per heavy atom. The summed E-state index contributed by atoms with van der Waals surface area (Å²) in [6.45, 7) is 2.53. The van der Waals surface area contributed by atoms with Gasteiger partial charge in [-0.3, -0.25) is 4.90 Å². The van der Waals surface area contributed by atoms with Crippen LogP contribution in [0.1, 0.15) is 16.7 Å². The van der Waals surface area contributed by atoms with Crippen LogP contribution in [0.4, 0.5) is 5.69 Å². The molecule has 0 aliphatic carbocycles. The number of aromatic hydroxyl groups is 2. The molecule has 4 N–H and O–H groups in total. The average molecular weight is 270 g/mol. The van der Waals surface area contributed by atoms with Gasteiger partial charge in [0.25, 0.3) is 0 Å². The van der Waals surface area contributed by atoms with Crippen LogP contribution in [0, 0.1) is 0 Å². The molecule has 0 aromatic heterocycles. The molecule has 3 rings (SSSR count). The maximum Gasteiger partial charge on any atom is 0.157 e. The second-order valence-corrected chi connectivity index (χ2v) is 5.27. The molecule has 2 aromatic carbocycles. The predicted molar refractivity (Wildman–Crippen MR) is 78.4 cm³/mol. The molecule has 0 spiro atoms. The van der Waals surface area contributed by atoms with Gasteiger partial charge in [-0.25, -0.2) is 0 Å². The van der Waals surface area contributed by atoms with E-state index in [1.807, 2.05) is 18.2 Å².